The molecule has 0 aliphatic heterocycles. The summed E-state index contributed by atoms with van der Waals surface area (Å²) in [6.45, 7) is 1.98. The van der Waals surface area contributed by atoms with Gasteiger partial charge in [0.05, 0.1) is 22.5 Å². The molecule has 0 spiro atoms. The summed E-state index contributed by atoms with van der Waals surface area (Å²) in [7, 11) is -3.38. The van der Waals surface area contributed by atoms with Crippen LogP contribution in [0.4, 0.5) is 0 Å². The van der Waals surface area contributed by atoms with Crippen LogP contribution in [0.3, 0.4) is 0 Å². The van der Waals surface area contributed by atoms with E-state index < -0.39 is 10.0 Å². The molecule has 4 rings (SSSR count). The Morgan fingerprint density at radius 1 is 0.862 bits per heavy atom. The van der Waals surface area contributed by atoms with Gasteiger partial charge in [0.1, 0.15) is 0 Å². The normalized spacial score (nSPS) is 12.5. The molecule has 0 aliphatic rings. The first-order valence-electron chi connectivity index (χ1n) is 9.85. The van der Waals surface area contributed by atoms with Crippen LogP contribution >= 0.6 is 0 Å². The van der Waals surface area contributed by atoms with Crippen LogP contribution in [0.5, 0.6) is 0 Å². The summed E-state index contributed by atoms with van der Waals surface area (Å²) < 4.78 is 29.7. The van der Waals surface area contributed by atoms with Crippen LogP contribution < -0.4 is 4.72 Å². The van der Waals surface area contributed by atoms with Crippen molar-refractivity contribution in [2.75, 3.05) is 5.75 Å². The van der Waals surface area contributed by atoms with Crippen molar-refractivity contribution < 1.29 is 8.42 Å². The first-order chi connectivity index (χ1) is 14.1. The second-order valence-electron chi connectivity index (χ2n) is 7.06. The maximum absolute atomic E-state index is 12.5. The first kappa shape index (κ1) is 19.3. The zero-order valence-electron chi connectivity index (χ0n) is 16.4. The number of nitrogens with one attached hydrogen (secondary N) is 1. The lowest BCUT2D eigenvalue weighted by atomic mass is 10.1. The summed E-state index contributed by atoms with van der Waals surface area (Å²) >= 11 is 0. The predicted molar refractivity (Wildman–Crippen MR) is 121 cm³/mol. The molecule has 0 radical (unpaired) electrons. The van der Waals surface area contributed by atoms with Crippen LogP contribution in [0.1, 0.15) is 25.3 Å². The Balaban J connectivity index is 1.94. The summed E-state index contributed by atoms with van der Waals surface area (Å²) in [5.74, 6) is 0.120. The minimum Gasteiger partial charge on any atom is -0.307 e. The van der Waals surface area contributed by atoms with Crippen molar-refractivity contribution in [3.8, 4) is 0 Å². The zero-order chi connectivity index (χ0) is 20.3. The molecule has 0 fully saturated rings. The number of rotatable bonds is 7. The molecule has 148 valence electrons. The third-order valence-corrected chi connectivity index (χ3v) is 6.34. The SMILES string of the molecule is CCCCS(=O)(=O)N/C=C(/c1ccccc1)n1c2ccccc2c2ccccc21. The molecule has 0 amide bonds. The van der Waals surface area contributed by atoms with Gasteiger partial charge in [0.15, 0.2) is 0 Å². The lowest BCUT2D eigenvalue weighted by Gasteiger charge is -2.14. The zero-order valence-corrected chi connectivity index (χ0v) is 17.2. The van der Waals surface area contributed by atoms with E-state index >= 15 is 0 Å². The van der Waals surface area contributed by atoms with Crippen LogP contribution in [0.25, 0.3) is 27.5 Å². The Bertz CT molecular complexity index is 1220. The molecule has 0 atom stereocenters. The van der Waals surface area contributed by atoms with Gasteiger partial charge in [0.25, 0.3) is 0 Å². The Morgan fingerprint density at radius 3 is 2.00 bits per heavy atom. The number of para-hydroxylation sites is 2. The van der Waals surface area contributed by atoms with Gasteiger partial charge in [-0.1, -0.05) is 80.1 Å². The Hall–Kier alpha value is -3.05. The van der Waals surface area contributed by atoms with E-state index in [2.05, 4.69) is 33.6 Å². The van der Waals surface area contributed by atoms with Crippen molar-refractivity contribution in [2.45, 2.75) is 19.8 Å². The van der Waals surface area contributed by atoms with Gasteiger partial charge in [-0.3, -0.25) is 4.72 Å². The van der Waals surface area contributed by atoms with Crippen molar-refractivity contribution >= 4 is 37.5 Å². The average molecular weight is 405 g/mol. The molecule has 0 unspecified atom stereocenters. The van der Waals surface area contributed by atoms with Crippen molar-refractivity contribution in [3.63, 3.8) is 0 Å². The van der Waals surface area contributed by atoms with Crippen LogP contribution in [-0.4, -0.2) is 18.7 Å². The molecular weight excluding hydrogens is 380 g/mol. The third kappa shape index (κ3) is 3.91. The molecule has 1 aromatic heterocycles. The minimum absolute atomic E-state index is 0.120. The van der Waals surface area contributed by atoms with Gasteiger partial charge >= 0.3 is 0 Å². The highest BCUT2D eigenvalue weighted by atomic mass is 32.2. The molecule has 0 saturated carbocycles. The summed E-state index contributed by atoms with van der Waals surface area (Å²) in [6, 6.07) is 26.3. The monoisotopic (exact) mass is 404 g/mol. The van der Waals surface area contributed by atoms with Crippen molar-refractivity contribution in [1.82, 2.24) is 9.29 Å². The maximum Gasteiger partial charge on any atom is 0.232 e. The summed E-state index contributed by atoms with van der Waals surface area (Å²) in [5, 5.41) is 2.28. The topological polar surface area (TPSA) is 51.1 Å². The number of fused-ring (bicyclic) bond motifs is 3. The highest BCUT2D eigenvalue weighted by Gasteiger charge is 2.15. The second kappa shape index (κ2) is 8.13. The molecule has 4 aromatic rings. The van der Waals surface area contributed by atoms with Gasteiger partial charge in [-0.05, 0) is 18.6 Å². The molecule has 3 aromatic carbocycles. The largest absolute Gasteiger partial charge is 0.307 e. The van der Waals surface area contributed by atoms with E-state index in [-0.39, 0.29) is 5.75 Å². The molecule has 1 N–H and O–H groups in total. The molecule has 1 heterocycles. The van der Waals surface area contributed by atoms with E-state index in [1.54, 1.807) is 6.20 Å². The van der Waals surface area contributed by atoms with E-state index in [0.717, 1.165) is 39.5 Å². The molecule has 29 heavy (non-hydrogen) atoms. The quantitative estimate of drug-likeness (QED) is 0.451. The van der Waals surface area contributed by atoms with E-state index in [1.165, 1.54) is 0 Å². The van der Waals surface area contributed by atoms with Crippen LogP contribution in [-0.2, 0) is 10.0 Å². The lowest BCUT2D eigenvalue weighted by molar-refractivity contribution is 0.587. The maximum atomic E-state index is 12.5. The van der Waals surface area contributed by atoms with Crippen LogP contribution in [0.2, 0.25) is 0 Å². The number of hydrogen-bond acceptors (Lipinski definition) is 2. The number of aromatic nitrogens is 1. The average Bonchev–Trinajstić information content (AvgIpc) is 3.08. The van der Waals surface area contributed by atoms with Gasteiger partial charge < -0.3 is 4.57 Å². The predicted octanol–water partition coefficient (Wildman–Crippen LogP) is 5.36. The molecule has 0 aliphatic carbocycles. The van der Waals surface area contributed by atoms with Crippen molar-refractivity contribution in [3.05, 3.63) is 90.6 Å². The van der Waals surface area contributed by atoms with Crippen molar-refractivity contribution in [1.29, 1.82) is 0 Å². The molecule has 4 nitrogen and oxygen atoms in total. The lowest BCUT2D eigenvalue weighted by Crippen LogP contribution is -2.22. The van der Waals surface area contributed by atoms with Gasteiger partial charge in [0, 0.05) is 22.5 Å². The molecule has 0 bridgehead atoms. The minimum atomic E-state index is -3.38. The summed E-state index contributed by atoms with van der Waals surface area (Å²) in [4.78, 5) is 0. The van der Waals surface area contributed by atoms with Gasteiger partial charge in [-0.25, -0.2) is 8.42 Å². The Kier molecular flexibility index (Phi) is 5.41. The van der Waals surface area contributed by atoms with E-state index in [0.29, 0.717) is 6.42 Å². The number of nitrogens with zero attached hydrogens (tertiary/aromatic N) is 1. The molecular formula is C24H24N2O2S. The van der Waals surface area contributed by atoms with E-state index in [1.807, 2.05) is 61.5 Å². The standard InChI is InChI=1S/C24H24N2O2S/c1-2-3-17-29(27,28)25-18-24(19-11-5-4-6-12-19)26-22-15-9-7-13-20(22)21-14-8-10-16-23(21)26/h4-16,18,25H,2-3,17H2,1H3/b24-18-. The molecule has 5 heteroatoms. The second-order valence-corrected chi connectivity index (χ2v) is 8.93. The Labute approximate surface area is 171 Å². The highest BCUT2D eigenvalue weighted by molar-refractivity contribution is 7.89. The number of unbranched alkanes of at least 4 members (excludes halogenated alkanes) is 1. The molecule has 0 saturated heterocycles. The fourth-order valence-electron chi connectivity index (χ4n) is 3.61. The third-order valence-electron chi connectivity index (χ3n) is 5.03. The smallest absolute Gasteiger partial charge is 0.232 e. The van der Waals surface area contributed by atoms with E-state index in [9.17, 15) is 8.42 Å². The summed E-state index contributed by atoms with van der Waals surface area (Å²) in [5.41, 5.74) is 3.81. The number of sulfonamides is 1. The number of benzene rings is 3. The van der Waals surface area contributed by atoms with Crippen LogP contribution in [0.15, 0.2) is 85.1 Å². The summed E-state index contributed by atoms with van der Waals surface area (Å²) in [6.07, 6.45) is 3.10. The van der Waals surface area contributed by atoms with Gasteiger partial charge in [-0.15, -0.1) is 0 Å². The van der Waals surface area contributed by atoms with Crippen LogP contribution in [0, 0.1) is 0 Å². The Morgan fingerprint density at radius 2 is 1.41 bits per heavy atom. The fraction of sp³-hybridized carbons (Fsp3) is 0.167. The number of hydrogen-bond donors (Lipinski definition) is 1. The van der Waals surface area contributed by atoms with Crippen molar-refractivity contribution in [2.24, 2.45) is 0 Å². The first-order valence-corrected chi connectivity index (χ1v) is 11.5. The highest BCUT2D eigenvalue weighted by Crippen LogP contribution is 2.33. The van der Waals surface area contributed by atoms with Gasteiger partial charge in [0.2, 0.25) is 10.0 Å². The van der Waals surface area contributed by atoms with Gasteiger partial charge in [-0.2, -0.15) is 0 Å². The fourth-order valence-corrected chi connectivity index (χ4v) is 4.68. The van der Waals surface area contributed by atoms with E-state index in [4.69, 9.17) is 0 Å².